The number of aliphatic carboxylic acids is 1. The van der Waals surface area contributed by atoms with Crippen LogP contribution in [-0.4, -0.2) is 29.6 Å². The van der Waals surface area contributed by atoms with Gasteiger partial charge in [-0.25, -0.2) is 0 Å². The molecule has 0 bridgehead atoms. The summed E-state index contributed by atoms with van der Waals surface area (Å²) in [7, 11) is 1.85. The predicted molar refractivity (Wildman–Crippen MR) is 64.3 cm³/mol. The number of benzene rings is 1. The first kappa shape index (κ1) is 12.7. The van der Waals surface area contributed by atoms with Crippen LogP contribution in [0.1, 0.15) is 25.5 Å². The summed E-state index contributed by atoms with van der Waals surface area (Å²) in [4.78, 5) is 13.2. The van der Waals surface area contributed by atoms with Crippen LogP contribution in [0.15, 0.2) is 30.3 Å². The molecule has 1 aromatic carbocycles. The molecule has 0 aliphatic heterocycles. The van der Waals surface area contributed by atoms with Gasteiger partial charge in [-0.05, 0) is 18.5 Å². The number of rotatable bonds is 5. The van der Waals surface area contributed by atoms with Crippen molar-refractivity contribution in [2.24, 2.45) is 5.92 Å². The van der Waals surface area contributed by atoms with E-state index in [1.165, 1.54) is 0 Å². The molecule has 1 rings (SSSR count). The van der Waals surface area contributed by atoms with Crippen molar-refractivity contribution in [1.82, 2.24) is 4.90 Å². The lowest BCUT2D eigenvalue weighted by atomic mass is 10.0. The van der Waals surface area contributed by atoms with E-state index < -0.39 is 12.0 Å². The number of hydrogen-bond donors (Lipinski definition) is 1. The topological polar surface area (TPSA) is 40.5 Å². The smallest absolute Gasteiger partial charge is 0.325 e. The first-order valence-corrected chi connectivity index (χ1v) is 5.50. The van der Waals surface area contributed by atoms with Crippen LogP contribution in [0.5, 0.6) is 0 Å². The van der Waals surface area contributed by atoms with E-state index in [1.807, 2.05) is 42.3 Å². The molecular weight excluding hydrogens is 202 g/mol. The lowest BCUT2D eigenvalue weighted by Gasteiger charge is -2.26. The number of likely N-dealkylation sites (N-methyl/N-ethyl adjacent to an activating group) is 1. The van der Waals surface area contributed by atoms with Crippen LogP contribution in [0.4, 0.5) is 0 Å². The van der Waals surface area contributed by atoms with Gasteiger partial charge in [0.05, 0.1) is 0 Å². The SMILES string of the molecule is CC(C)CN(C)C(C(=O)O)c1ccccc1. The van der Waals surface area contributed by atoms with Crippen molar-refractivity contribution in [3.63, 3.8) is 0 Å². The van der Waals surface area contributed by atoms with Crippen molar-refractivity contribution in [3.05, 3.63) is 35.9 Å². The Bertz CT molecular complexity index is 335. The van der Waals surface area contributed by atoms with Gasteiger partial charge in [0.1, 0.15) is 6.04 Å². The van der Waals surface area contributed by atoms with E-state index in [4.69, 9.17) is 0 Å². The maximum atomic E-state index is 11.3. The molecule has 0 spiro atoms. The molecule has 16 heavy (non-hydrogen) atoms. The minimum Gasteiger partial charge on any atom is -0.480 e. The Morgan fingerprint density at radius 1 is 1.31 bits per heavy atom. The van der Waals surface area contributed by atoms with Crippen LogP contribution in [0.3, 0.4) is 0 Å². The third-order valence-corrected chi connectivity index (χ3v) is 2.44. The highest BCUT2D eigenvalue weighted by molar-refractivity contribution is 5.75. The van der Waals surface area contributed by atoms with E-state index in [0.717, 1.165) is 12.1 Å². The van der Waals surface area contributed by atoms with Crippen LogP contribution < -0.4 is 0 Å². The Morgan fingerprint density at radius 2 is 1.88 bits per heavy atom. The molecule has 3 heteroatoms. The van der Waals surface area contributed by atoms with E-state index in [2.05, 4.69) is 13.8 Å². The van der Waals surface area contributed by atoms with E-state index in [0.29, 0.717) is 5.92 Å². The second-order valence-corrected chi connectivity index (χ2v) is 4.48. The molecule has 0 aliphatic carbocycles. The fourth-order valence-corrected chi connectivity index (χ4v) is 1.90. The monoisotopic (exact) mass is 221 g/mol. The lowest BCUT2D eigenvalue weighted by molar-refractivity contribution is -0.143. The van der Waals surface area contributed by atoms with Crippen LogP contribution in [0.25, 0.3) is 0 Å². The quantitative estimate of drug-likeness (QED) is 0.830. The van der Waals surface area contributed by atoms with E-state index in [9.17, 15) is 9.90 Å². The molecule has 0 amide bonds. The molecule has 0 radical (unpaired) electrons. The lowest BCUT2D eigenvalue weighted by Crippen LogP contribution is -2.33. The Hall–Kier alpha value is -1.35. The third-order valence-electron chi connectivity index (χ3n) is 2.44. The summed E-state index contributed by atoms with van der Waals surface area (Å²) in [5, 5.41) is 9.27. The van der Waals surface area contributed by atoms with E-state index in [-0.39, 0.29) is 0 Å². The molecular formula is C13H19NO2. The molecule has 0 aliphatic rings. The standard InChI is InChI=1S/C13H19NO2/c1-10(2)9-14(3)12(13(15)16)11-7-5-4-6-8-11/h4-8,10,12H,9H2,1-3H3,(H,15,16). The molecule has 0 fully saturated rings. The van der Waals surface area contributed by atoms with Crippen LogP contribution in [-0.2, 0) is 4.79 Å². The van der Waals surface area contributed by atoms with Crippen molar-refractivity contribution in [1.29, 1.82) is 0 Å². The summed E-state index contributed by atoms with van der Waals surface area (Å²) in [5.74, 6) is -0.343. The van der Waals surface area contributed by atoms with Crippen molar-refractivity contribution in [3.8, 4) is 0 Å². The zero-order chi connectivity index (χ0) is 12.1. The maximum absolute atomic E-state index is 11.3. The highest BCUT2D eigenvalue weighted by atomic mass is 16.4. The van der Waals surface area contributed by atoms with Gasteiger partial charge in [0.15, 0.2) is 0 Å². The van der Waals surface area contributed by atoms with Gasteiger partial charge in [0.25, 0.3) is 0 Å². The Balaban J connectivity index is 2.88. The van der Waals surface area contributed by atoms with Crippen molar-refractivity contribution in [2.75, 3.05) is 13.6 Å². The van der Waals surface area contributed by atoms with Crippen molar-refractivity contribution < 1.29 is 9.90 Å². The summed E-state index contributed by atoms with van der Waals surface area (Å²) < 4.78 is 0. The average molecular weight is 221 g/mol. The summed E-state index contributed by atoms with van der Waals surface area (Å²) in [6.45, 7) is 4.94. The molecule has 1 unspecified atom stereocenters. The molecule has 0 heterocycles. The first-order chi connectivity index (χ1) is 7.52. The van der Waals surface area contributed by atoms with Crippen molar-refractivity contribution in [2.45, 2.75) is 19.9 Å². The number of hydrogen-bond acceptors (Lipinski definition) is 2. The molecule has 1 aromatic rings. The van der Waals surface area contributed by atoms with Crippen LogP contribution in [0.2, 0.25) is 0 Å². The molecule has 3 nitrogen and oxygen atoms in total. The highest BCUT2D eigenvalue weighted by Crippen LogP contribution is 2.20. The molecule has 88 valence electrons. The van der Waals surface area contributed by atoms with Gasteiger partial charge in [0.2, 0.25) is 0 Å². The van der Waals surface area contributed by atoms with Gasteiger partial charge in [0, 0.05) is 6.54 Å². The van der Waals surface area contributed by atoms with Crippen molar-refractivity contribution >= 4 is 5.97 Å². The summed E-state index contributed by atoms with van der Waals surface area (Å²) in [6, 6.07) is 8.79. The Kier molecular flexibility index (Phi) is 4.50. The molecule has 1 N–H and O–H groups in total. The van der Waals surface area contributed by atoms with Gasteiger partial charge in [-0.1, -0.05) is 44.2 Å². The van der Waals surface area contributed by atoms with Crippen LogP contribution in [0, 0.1) is 5.92 Å². The number of carboxylic acids is 1. The fraction of sp³-hybridized carbons (Fsp3) is 0.462. The Morgan fingerprint density at radius 3 is 2.31 bits per heavy atom. The molecule has 0 saturated heterocycles. The van der Waals surface area contributed by atoms with Gasteiger partial charge in [-0.2, -0.15) is 0 Å². The maximum Gasteiger partial charge on any atom is 0.325 e. The largest absolute Gasteiger partial charge is 0.480 e. The fourth-order valence-electron chi connectivity index (χ4n) is 1.90. The zero-order valence-electron chi connectivity index (χ0n) is 10.1. The molecule has 0 saturated carbocycles. The van der Waals surface area contributed by atoms with Gasteiger partial charge in [-0.3, -0.25) is 9.69 Å². The predicted octanol–water partition coefficient (Wildman–Crippen LogP) is 2.40. The summed E-state index contributed by atoms with van der Waals surface area (Å²) in [6.07, 6.45) is 0. The second-order valence-electron chi connectivity index (χ2n) is 4.48. The van der Waals surface area contributed by atoms with Crippen LogP contribution >= 0.6 is 0 Å². The highest BCUT2D eigenvalue weighted by Gasteiger charge is 2.24. The number of carboxylic acid groups (broad SMARTS) is 1. The normalized spacial score (nSPS) is 13.1. The Labute approximate surface area is 96.7 Å². The summed E-state index contributed by atoms with van der Waals surface area (Å²) >= 11 is 0. The van der Waals surface area contributed by atoms with Gasteiger partial charge < -0.3 is 5.11 Å². The average Bonchev–Trinajstić information content (AvgIpc) is 2.17. The first-order valence-electron chi connectivity index (χ1n) is 5.50. The zero-order valence-corrected chi connectivity index (χ0v) is 10.1. The molecule has 0 aromatic heterocycles. The van der Waals surface area contributed by atoms with E-state index >= 15 is 0 Å². The van der Waals surface area contributed by atoms with E-state index in [1.54, 1.807) is 0 Å². The number of nitrogens with zero attached hydrogens (tertiary/aromatic N) is 1. The second kappa shape index (κ2) is 5.66. The summed E-state index contributed by atoms with van der Waals surface area (Å²) in [5.41, 5.74) is 0.832. The number of carbonyl (C=O) groups is 1. The molecule has 1 atom stereocenters. The third kappa shape index (κ3) is 3.35. The van der Waals surface area contributed by atoms with Gasteiger partial charge >= 0.3 is 5.97 Å². The minimum absolute atomic E-state index is 0.454. The minimum atomic E-state index is -0.797. The van der Waals surface area contributed by atoms with Gasteiger partial charge in [-0.15, -0.1) is 0 Å².